The molecule has 1 fully saturated rings. The third-order valence-corrected chi connectivity index (χ3v) is 6.17. The first kappa shape index (κ1) is 19.4. The van der Waals surface area contributed by atoms with E-state index in [1.54, 1.807) is 37.3 Å². The van der Waals surface area contributed by atoms with Gasteiger partial charge in [0.2, 0.25) is 0 Å². The molecule has 2 heterocycles. The van der Waals surface area contributed by atoms with Gasteiger partial charge in [-0.05, 0) is 43.0 Å². The van der Waals surface area contributed by atoms with E-state index in [1.807, 2.05) is 12.1 Å². The minimum atomic E-state index is -0.812. The summed E-state index contributed by atoms with van der Waals surface area (Å²) in [5.41, 5.74) is 1.83. The fraction of sp³-hybridized carbons (Fsp3) is 0.174. The van der Waals surface area contributed by atoms with E-state index in [-0.39, 0.29) is 17.1 Å². The Labute approximate surface area is 180 Å². The summed E-state index contributed by atoms with van der Waals surface area (Å²) in [6.45, 7) is 1.72. The van der Waals surface area contributed by atoms with Crippen molar-refractivity contribution in [2.45, 2.75) is 25.2 Å². The minimum absolute atomic E-state index is 0.00569. The zero-order chi connectivity index (χ0) is 21.9. The molecule has 0 unspecified atom stereocenters. The Hall–Kier alpha value is -3.58. The number of hydrogen-bond donors (Lipinski definition) is 3. The minimum Gasteiger partial charge on any atom is -0.506 e. The van der Waals surface area contributed by atoms with Gasteiger partial charge in [0.05, 0.1) is 21.6 Å². The van der Waals surface area contributed by atoms with Gasteiger partial charge in [0.25, 0.3) is 5.56 Å². The summed E-state index contributed by atoms with van der Waals surface area (Å²) in [5, 5.41) is 24.9. The molecule has 8 heteroatoms. The summed E-state index contributed by atoms with van der Waals surface area (Å²) < 4.78 is 5.17. The van der Waals surface area contributed by atoms with E-state index in [1.165, 1.54) is 0 Å². The van der Waals surface area contributed by atoms with Crippen LogP contribution in [0.3, 0.4) is 0 Å². The number of nitrogens with one attached hydrogen (secondary N) is 1. The Bertz CT molecular complexity index is 1410. The average Bonchev–Trinajstić information content (AvgIpc) is 3.44. The highest BCUT2D eigenvalue weighted by molar-refractivity contribution is 6.34. The molecule has 2 aromatic carbocycles. The van der Waals surface area contributed by atoms with E-state index in [2.05, 4.69) is 10.1 Å². The topological polar surface area (TPSA) is 116 Å². The molecular formula is C23H17ClN2O5. The zero-order valence-corrected chi connectivity index (χ0v) is 17.2. The maximum atomic E-state index is 12.5. The Morgan fingerprint density at radius 1 is 1.19 bits per heavy atom. The van der Waals surface area contributed by atoms with Crippen molar-refractivity contribution in [3.05, 3.63) is 69.1 Å². The fourth-order valence-electron chi connectivity index (χ4n) is 3.95. The molecule has 0 amide bonds. The molecule has 0 bridgehead atoms. The second-order valence-corrected chi connectivity index (χ2v) is 8.26. The molecule has 4 aromatic rings. The van der Waals surface area contributed by atoms with Crippen molar-refractivity contribution in [2.75, 3.05) is 0 Å². The lowest BCUT2D eigenvalue weighted by molar-refractivity contribution is -0.140. The number of aromatic nitrogens is 2. The van der Waals surface area contributed by atoms with Crippen LogP contribution in [0.2, 0.25) is 5.02 Å². The molecule has 5 rings (SSSR count). The van der Waals surface area contributed by atoms with Crippen molar-refractivity contribution in [1.29, 1.82) is 0 Å². The summed E-state index contributed by atoms with van der Waals surface area (Å²) in [4.78, 5) is 26.8. The number of nitrogens with zero attached hydrogens (tertiary/aromatic N) is 1. The van der Waals surface area contributed by atoms with Crippen LogP contribution in [0.5, 0.6) is 5.75 Å². The first-order chi connectivity index (χ1) is 14.8. The lowest BCUT2D eigenvalue weighted by Crippen LogP contribution is -2.19. The van der Waals surface area contributed by atoms with E-state index < -0.39 is 16.9 Å². The highest BCUT2D eigenvalue weighted by Gasteiger charge is 2.51. The number of H-pyrrole nitrogens is 1. The molecule has 0 saturated heterocycles. The van der Waals surface area contributed by atoms with Crippen LogP contribution in [-0.2, 0) is 10.2 Å². The summed E-state index contributed by atoms with van der Waals surface area (Å²) in [6, 6.07) is 12.1. The Morgan fingerprint density at radius 3 is 2.48 bits per heavy atom. The van der Waals surface area contributed by atoms with Crippen molar-refractivity contribution in [3.8, 4) is 28.2 Å². The summed E-state index contributed by atoms with van der Waals surface area (Å²) in [5.74, 6) is -0.873. The van der Waals surface area contributed by atoms with Crippen LogP contribution in [-0.4, -0.2) is 26.3 Å². The van der Waals surface area contributed by atoms with Gasteiger partial charge in [-0.1, -0.05) is 41.0 Å². The van der Waals surface area contributed by atoms with Gasteiger partial charge in [0.15, 0.2) is 5.76 Å². The van der Waals surface area contributed by atoms with Crippen LogP contribution in [0.4, 0.5) is 0 Å². The number of carbonyl (C=O) groups is 1. The van der Waals surface area contributed by atoms with Crippen molar-refractivity contribution in [2.24, 2.45) is 0 Å². The van der Waals surface area contributed by atoms with Gasteiger partial charge in [-0.2, -0.15) is 0 Å². The third-order valence-electron chi connectivity index (χ3n) is 5.86. The Kier molecular flexibility index (Phi) is 4.20. The van der Waals surface area contributed by atoms with Gasteiger partial charge in [0.1, 0.15) is 11.3 Å². The molecule has 1 aliphatic carbocycles. The summed E-state index contributed by atoms with van der Waals surface area (Å²) >= 11 is 6.47. The van der Waals surface area contributed by atoms with Crippen LogP contribution in [0.1, 0.15) is 24.1 Å². The maximum Gasteiger partial charge on any atom is 0.314 e. The zero-order valence-electron chi connectivity index (χ0n) is 16.4. The molecule has 0 atom stereocenters. The number of fused-ring (bicyclic) bond motifs is 1. The second kappa shape index (κ2) is 6.72. The largest absolute Gasteiger partial charge is 0.506 e. The van der Waals surface area contributed by atoms with Crippen molar-refractivity contribution in [1.82, 2.24) is 10.1 Å². The number of aromatic amines is 1. The Balaban J connectivity index is 1.64. The highest BCUT2D eigenvalue weighted by atomic mass is 35.5. The number of aliphatic carboxylic acids is 1. The van der Waals surface area contributed by atoms with Crippen LogP contribution in [0.15, 0.2) is 51.8 Å². The first-order valence-electron chi connectivity index (χ1n) is 9.67. The molecule has 1 aliphatic rings. The molecule has 1 saturated carbocycles. The van der Waals surface area contributed by atoms with E-state index in [4.69, 9.17) is 16.1 Å². The first-order valence-corrected chi connectivity index (χ1v) is 10.0. The molecular weight excluding hydrogens is 420 g/mol. The lowest BCUT2D eigenvalue weighted by Gasteiger charge is -2.13. The smallest absolute Gasteiger partial charge is 0.314 e. The number of carboxylic acid groups (broad SMARTS) is 1. The number of benzene rings is 2. The number of pyridine rings is 1. The van der Waals surface area contributed by atoms with Crippen molar-refractivity contribution >= 4 is 28.5 Å². The van der Waals surface area contributed by atoms with Gasteiger partial charge in [-0.3, -0.25) is 9.59 Å². The Morgan fingerprint density at radius 2 is 1.90 bits per heavy atom. The van der Waals surface area contributed by atoms with Gasteiger partial charge in [-0.25, -0.2) is 0 Å². The lowest BCUT2D eigenvalue weighted by atomic mass is 9.93. The van der Waals surface area contributed by atoms with E-state index in [0.29, 0.717) is 40.0 Å². The second-order valence-electron chi connectivity index (χ2n) is 7.85. The number of rotatable bonds is 4. The molecule has 7 nitrogen and oxygen atoms in total. The van der Waals surface area contributed by atoms with Crippen LogP contribution >= 0.6 is 11.6 Å². The molecule has 0 radical (unpaired) electrons. The molecule has 3 N–H and O–H groups in total. The number of hydrogen-bond acceptors (Lipinski definition) is 5. The van der Waals surface area contributed by atoms with E-state index in [0.717, 1.165) is 11.1 Å². The number of carboxylic acids is 1. The SMILES string of the molecule is Cc1cc(-c2c(O)c3cc(-c4ccc(C5(C(=O)O)CC5)cc4)c(Cl)cc3[nH]c2=O)on1. The number of aromatic hydroxyl groups is 1. The molecule has 31 heavy (non-hydrogen) atoms. The monoisotopic (exact) mass is 436 g/mol. The predicted molar refractivity (Wildman–Crippen MR) is 115 cm³/mol. The molecule has 2 aromatic heterocycles. The number of aryl methyl sites for hydroxylation is 1. The number of halogens is 1. The fourth-order valence-corrected chi connectivity index (χ4v) is 4.22. The molecule has 0 aliphatic heterocycles. The van der Waals surface area contributed by atoms with Crippen LogP contribution in [0.25, 0.3) is 33.4 Å². The van der Waals surface area contributed by atoms with Crippen molar-refractivity contribution < 1.29 is 19.5 Å². The normalized spacial score (nSPS) is 14.6. The third kappa shape index (κ3) is 3.00. The molecule has 156 valence electrons. The highest BCUT2D eigenvalue weighted by Crippen LogP contribution is 2.49. The van der Waals surface area contributed by atoms with Crippen molar-refractivity contribution in [3.63, 3.8) is 0 Å². The quantitative estimate of drug-likeness (QED) is 0.429. The van der Waals surface area contributed by atoms with Gasteiger partial charge >= 0.3 is 5.97 Å². The van der Waals surface area contributed by atoms with Crippen LogP contribution in [0, 0.1) is 6.92 Å². The summed E-state index contributed by atoms with van der Waals surface area (Å²) in [7, 11) is 0. The predicted octanol–water partition coefficient (Wildman–Crippen LogP) is 4.63. The van der Waals surface area contributed by atoms with Gasteiger partial charge in [-0.15, -0.1) is 0 Å². The average molecular weight is 437 g/mol. The van der Waals surface area contributed by atoms with E-state index in [9.17, 15) is 19.8 Å². The van der Waals surface area contributed by atoms with Gasteiger partial charge < -0.3 is 19.7 Å². The van der Waals surface area contributed by atoms with Gasteiger partial charge in [0, 0.05) is 17.0 Å². The summed E-state index contributed by atoms with van der Waals surface area (Å²) in [6.07, 6.45) is 1.26. The van der Waals surface area contributed by atoms with E-state index >= 15 is 0 Å². The molecule has 0 spiro atoms. The van der Waals surface area contributed by atoms with Crippen LogP contribution < -0.4 is 5.56 Å². The maximum absolute atomic E-state index is 12.5. The standard InChI is InChI=1S/C23H17ClN2O5/c1-11-8-18(31-26-11)19-20(27)15-9-14(16(24)10-17(15)25-21(19)28)12-2-4-13(5-3-12)23(6-7-23)22(29)30/h2-5,8-10H,6-7H2,1H3,(H,29,30)(H2,25,27,28).